The molecule has 0 aromatic heterocycles. The van der Waals surface area contributed by atoms with Gasteiger partial charge >= 0.3 is 0 Å². The molecule has 88 valence electrons. The molecule has 2 atom stereocenters. The van der Waals surface area contributed by atoms with E-state index in [-0.39, 0.29) is 0 Å². The Kier molecular flexibility index (Phi) is 2.21. The van der Waals surface area contributed by atoms with E-state index in [0.29, 0.717) is 11.6 Å². The number of benzene rings is 1. The number of rotatable bonds is 2. The van der Waals surface area contributed by atoms with Crippen molar-refractivity contribution < 1.29 is 0 Å². The van der Waals surface area contributed by atoms with Gasteiger partial charge in [-0.2, -0.15) is 0 Å². The maximum absolute atomic E-state index is 7.21. The lowest BCUT2D eigenvalue weighted by Crippen LogP contribution is -2.36. The van der Waals surface area contributed by atoms with Crippen LogP contribution in [-0.2, 0) is 0 Å². The standard InChI is InChI=1S/C14H17N3/c1-14-9-12(11-5-3-2-4-6-11)16-13(7-8-15)17(14)10-14/h2-8,12,15-16H,9-10H2,1H3/b13-7-,15-8?. The summed E-state index contributed by atoms with van der Waals surface area (Å²) < 4.78 is 0. The first-order valence-electron chi connectivity index (χ1n) is 6.03. The Labute approximate surface area is 102 Å². The highest BCUT2D eigenvalue weighted by Crippen LogP contribution is 2.46. The van der Waals surface area contributed by atoms with Crippen LogP contribution in [0.4, 0.5) is 0 Å². The van der Waals surface area contributed by atoms with Gasteiger partial charge in [0.05, 0.1) is 11.6 Å². The second kappa shape index (κ2) is 3.62. The van der Waals surface area contributed by atoms with Gasteiger partial charge in [0.25, 0.3) is 0 Å². The molecule has 0 aliphatic carbocycles. The largest absolute Gasteiger partial charge is 0.365 e. The van der Waals surface area contributed by atoms with Gasteiger partial charge in [0.1, 0.15) is 5.82 Å². The third-order valence-electron chi connectivity index (χ3n) is 3.75. The highest BCUT2D eigenvalue weighted by atomic mass is 15.4. The van der Waals surface area contributed by atoms with Crippen molar-refractivity contribution in [3.8, 4) is 0 Å². The molecule has 0 radical (unpaired) electrons. The SMILES string of the molecule is CC12CC(c3ccccc3)N/C(=C/C=N)N1C2. The fourth-order valence-electron chi connectivity index (χ4n) is 2.71. The molecular formula is C14H17N3. The monoisotopic (exact) mass is 227 g/mol. The Balaban J connectivity index is 1.88. The third-order valence-corrected chi connectivity index (χ3v) is 3.75. The van der Waals surface area contributed by atoms with Crippen LogP contribution in [0.15, 0.2) is 42.2 Å². The molecule has 0 spiro atoms. The first-order chi connectivity index (χ1) is 8.23. The Morgan fingerprint density at radius 2 is 2.18 bits per heavy atom. The molecule has 3 rings (SSSR count). The lowest BCUT2D eigenvalue weighted by Gasteiger charge is -2.32. The van der Waals surface area contributed by atoms with Crippen molar-refractivity contribution in [2.24, 2.45) is 0 Å². The Hall–Kier alpha value is -1.77. The van der Waals surface area contributed by atoms with Crippen LogP contribution in [0.2, 0.25) is 0 Å². The lowest BCUT2D eigenvalue weighted by atomic mass is 9.94. The number of nitrogens with zero attached hydrogens (tertiary/aromatic N) is 1. The predicted molar refractivity (Wildman–Crippen MR) is 68.9 cm³/mol. The van der Waals surface area contributed by atoms with Crippen LogP contribution in [0.1, 0.15) is 24.9 Å². The quantitative estimate of drug-likeness (QED) is 0.601. The fraction of sp³-hybridized carbons (Fsp3) is 0.357. The summed E-state index contributed by atoms with van der Waals surface area (Å²) in [6.45, 7) is 3.39. The smallest absolute Gasteiger partial charge is 0.104 e. The zero-order chi connectivity index (χ0) is 11.9. The second-order valence-electron chi connectivity index (χ2n) is 5.11. The van der Waals surface area contributed by atoms with Crippen LogP contribution in [0.3, 0.4) is 0 Å². The average molecular weight is 227 g/mol. The van der Waals surface area contributed by atoms with Gasteiger partial charge < -0.3 is 15.6 Å². The molecule has 2 N–H and O–H groups in total. The minimum atomic E-state index is 0.292. The molecule has 2 unspecified atom stereocenters. The highest BCUT2D eigenvalue weighted by molar-refractivity contribution is 5.69. The number of hydrogen-bond acceptors (Lipinski definition) is 3. The predicted octanol–water partition coefficient (Wildman–Crippen LogP) is 2.29. The molecule has 3 heteroatoms. The Bertz CT molecular complexity index is 466. The summed E-state index contributed by atoms with van der Waals surface area (Å²) in [5.74, 6) is 1.09. The molecule has 3 nitrogen and oxygen atoms in total. The Morgan fingerprint density at radius 1 is 1.41 bits per heavy atom. The summed E-state index contributed by atoms with van der Waals surface area (Å²) in [6, 6.07) is 10.9. The first kappa shape index (κ1) is 10.4. The summed E-state index contributed by atoms with van der Waals surface area (Å²) in [7, 11) is 0. The van der Waals surface area contributed by atoms with Crippen LogP contribution in [-0.4, -0.2) is 23.2 Å². The molecule has 17 heavy (non-hydrogen) atoms. The van der Waals surface area contributed by atoms with E-state index in [2.05, 4.69) is 41.4 Å². The number of nitrogens with one attached hydrogen (secondary N) is 2. The van der Waals surface area contributed by atoms with Gasteiger partial charge in [-0.3, -0.25) is 0 Å². The molecule has 2 heterocycles. The Morgan fingerprint density at radius 3 is 2.88 bits per heavy atom. The van der Waals surface area contributed by atoms with Gasteiger partial charge in [0, 0.05) is 12.8 Å². The first-order valence-corrected chi connectivity index (χ1v) is 6.03. The van der Waals surface area contributed by atoms with Gasteiger partial charge in [-0.15, -0.1) is 0 Å². The van der Waals surface area contributed by atoms with Crippen molar-refractivity contribution in [2.45, 2.75) is 24.9 Å². The summed E-state index contributed by atoms with van der Waals surface area (Å²) in [4.78, 5) is 2.33. The molecule has 1 aromatic rings. The van der Waals surface area contributed by atoms with Crippen molar-refractivity contribution in [1.29, 1.82) is 5.41 Å². The van der Waals surface area contributed by atoms with E-state index < -0.39 is 0 Å². The normalized spacial score (nSPS) is 32.9. The van der Waals surface area contributed by atoms with Gasteiger partial charge in [-0.1, -0.05) is 30.3 Å². The van der Waals surface area contributed by atoms with Crippen LogP contribution in [0, 0.1) is 5.41 Å². The van der Waals surface area contributed by atoms with Crippen LogP contribution in [0.5, 0.6) is 0 Å². The van der Waals surface area contributed by atoms with Crippen molar-refractivity contribution in [3.05, 3.63) is 47.8 Å². The van der Waals surface area contributed by atoms with Crippen LogP contribution >= 0.6 is 0 Å². The van der Waals surface area contributed by atoms with Crippen molar-refractivity contribution >= 4 is 6.21 Å². The highest BCUT2D eigenvalue weighted by Gasteiger charge is 2.53. The number of allylic oxidation sites excluding steroid dienone is 1. The zero-order valence-electron chi connectivity index (χ0n) is 9.98. The maximum Gasteiger partial charge on any atom is 0.104 e. The van der Waals surface area contributed by atoms with Crippen molar-refractivity contribution in [3.63, 3.8) is 0 Å². The topological polar surface area (TPSA) is 38.9 Å². The molecule has 2 saturated heterocycles. The van der Waals surface area contributed by atoms with E-state index in [0.717, 1.165) is 18.8 Å². The summed E-state index contributed by atoms with van der Waals surface area (Å²) >= 11 is 0. The van der Waals surface area contributed by atoms with Crippen LogP contribution < -0.4 is 5.32 Å². The summed E-state index contributed by atoms with van der Waals surface area (Å²) in [6.07, 6.45) is 4.33. The van der Waals surface area contributed by atoms with E-state index in [1.807, 2.05) is 12.1 Å². The van der Waals surface area contributed by atoms with E-state index >= 15 is 0 Å². The molecule has 0 amide bonds. The lowest BCUT2D eigenvalue weighted by molar-refractivity contribution is 0.325. The molecule has 1 aromatic carbocycles. The minimum Gasteiger partial charge on any atom is -0.365 e. The number of fused-ring (bicyclic) bond motifs is 1. The molecule has 2 aliphatic heterocycles. The van der Waals surface area contributed by atoms with Crippen molar-refractivity contribution in [1.82, 2.24) is 10.2 Å². The molecular weight excluding hydrogens is 210 g/mol. The molecule has 0 saturated carbocycles. The molecule has 2 fully saturated rings. The maximum atomic E-state index is 7.21. The van der Waals surface area contributed by atoms with Crippen LogP contribution in [0.25, 0.3) is 0 Å². The van der Waals surface area contributed by atoms with Gasteiger partial charge in [-0.25, -0.2) is 0 Å². The summed E-state index contributed by atoms with van der Waals surface area (Å²) in [5.41, 5.74) is 1.62. The van der Waals surface area contributed by atoms with Gasteiger partial charge in [0.15, 0.2) is 0 Å². The van der Waals surface area contributed by atoms with Gasteiger partial charge in [-0.05, 0) is 25.0 Å². The average Bonchev–Trinajstić information content (AvgIpc) is 3.03. The molecule has 0 bridgehead atoms. The fourth-order valence-corrected chi connectivity index (χ4v) is 2.71. The third kappa shape index (κ3) is 1.71. The zero-order valence-corrected chi connectivity index (χ0v) is 9.98. The van der Waals surface area contributed by atoms with E-state index in [4.69, 9.17) is 5.41 Å². The second-order valence-corrected chi connectivity index (χ2v) is 5.11. The minimum absolute atomic E-state index is 0.292. The van der Waals surface area contributed by atoms with Crippen molar-refractivity contribution in [2.75, 3.05) is 6.54 Å². The number of hydrogen-bond donors (Lipinski definition) is 2. The molecule has 2 aliphatic rings. The van der Waals surface area contributed by atoms with Gasteiger partial charge in [0.2, 0.25) is 0 Å². The summed E-state index contributed by atoms with van der Waals surface area (Å²) in [5, 5.41) is 10.7. The van der Waals surface area contributed by atoms with E-state index in [9.17, 15) is 0 Å². The van der Waals surface area contributed by atoms with E-state index in [1.54, 1.807) is 0 Å². The van der Waals surface area contributed by atoms with E-state index in [1.165, 1.54) is 11.8 Å².